The van der Waals surface area contributed by atoms with Crippen LogP contribution in [0.2, 0.25) is 0 Å². The van der Waals surface area contributed by atoms with Crippen LogP contribution in [0.4, 0.5) is 11.4 Å². The molecule has 96 valence electrons. The molecule has 0 aliphatic carbocycles. The van der Waals surface area contributed by atoms with Crippen LogP contribution in [0.5, 0.6) is 0 Å². The summed E-state index contributed by atoms with van der Waals surface area (Å²) in [6, 6.07) is 6.64. The molecule has 18 heavy (non-hydrogen) atoms. The molecule has 0 aliphatic heterocycles. The van der Waals surface area contributed by atoms with Crippen molar-refractivity contribution in [3.8, 4) is 6.07 Å². The highest BCUT2D eigenvalue weighted by molar-refractivity contribution is 5.55. The molecule has 6 nitrogen and oxygen atoms in total. The van der Waals surface area contributed by atoms with Gasteiger partial charge in [-0.1, -0.05) is 0 Å². The largest absolute Gasteiger partial charge is 0.391 e. The summed E-state index contributed by atoms with van der Waals surface area (Å²) in [4.78, 5) is 12.1. The van der Waals surface area contributed by atoms with E-state index in [0.717, 1.165) is 5.69 Å². The minimum Gasteiger partial charge on any atom is -0.391 e. The molecular weight excluding hydrogens is 234 g/mol. The minimum absolute atomic E-state index is 0.00278. The lowest BCUT2D eigenvalue weighted by Crippen LogP contribution is -2.28. The van der Waals surface area contributed by atoms with Gasteiger partial charge in [0.1, 0.15) is 0 Å². The van der Waals surface area contributed by atoms with Crippen molar-refractivity contribution in [2.24, 2.45) is 0 Å². The average molecular weight is 249 g/mol. The van der Waals surface area contributed by atoms with E-state index in [1.54, 1.807) is 12.1 Å². The second-order valence-corrected chi connectivity index (χ2v) is 4.05. The van der Waals surface area contributed by atoms with Crippen molar-refractivity contribution in [2.75, 3.05) is 11.9 Å². The fourth-order valence-corrected chi connectivity index (χ4v) is 1.62. The highest BCUT2D eigenvalue weighted by atomic mass is 16.6. The molecule has 1 aromatic carbocycles. The summed E-state index contributed by atoms with van der Waals surface area (Å²) < 4.78 is 0. The van der Waals surface area contributed by atoms with Gasteiger partial charge in [0.2, 0.25) is 0 Å². The molecule has 0 bridgehead atoms. The lowest BCUT2D eigenvalue weighted by atomic mass is 10.1. The number of hydrogen-bond donors (Lipinski definition) is 1. The molecule has 0 saturated heterocycles. The van der Waals surface area contributed by atoms with Crippen molar-refractivity contribution in [3.05, 3.63) is 33.9 Å². The fourth-order valence-electron chi connectivity index (χ4n) is 1.62. The van der Waals surface area contributed by atoms with Gasteiger partial charge in [-0.3, -0.25) is 10.1 Å². The van der Waals surface area contributed by atoms with Gasteiger partial charge in [0, 0.05) is 24.8 Å². The van der Waals surface area contributed by atoms with Gasteiger partial charge in [-0.25, -0.2) is 0 Å². The number of nitrogens with zero attached hydrogens (tertiary/aromatic N) is 3. The zero-order valence-electron chi connectivity index (χ0n) is 10.3. The van der Waals surface area contributed by atoms with Crippen LogP contribution in [0.1, 0.15) is 18.9 Å². The van der Waals surface area contributed by atoms with Crippen LogP contribution < -0.4 is 4.90 Å². The number of nitro groups is 1. The number of hydrogen-bond acceptors (Lipinski definition) is 5. The van der Waals surface area contributed by atoms with E-state index in [1.807, 2.05) is 18.9 Å². The quantitative estimate of drug-likeness (QED) is 0.635. The van der Waals surface area contributed by atoms with E-state index in [1.165, 1.54) is 6.07 Å². The predicted molar refractivity (Wildman–Crippen MR) is 67.1 cm³/mol. The van der Waals surface area contributed by atoms with Gasteiger partial charge >= 0.3 is 0 Å². The molecule has 0 saturated carbocycles. The molecule has 1 N–H and O–H groups in total. The Labute approximate surface area is 105 Å². The second kappa shape index (κ2) is 5.98. The van der Waals surface area contributed by atoms with Crippen molar-refractivity contribution < 1.29 is 10.0 Å². The predicted octanol–water partition coefficient (Wildman–Crippen LogP) is 1.83. The lowest BCUT2D eigenvalue weighted by molar-refractivity contribution is -0.385. The first kappa shape index (κ1) is 13.9. The zero-order valence-corrected chi connectivity index (χ0v) is 10.3. The zero-order chi connectivity index (χ0) is 13.7. The summed E-state index contributed by atoms with van der Waals surface area (Å²) >= 11 is 0. The first-order valence-corrected chi connectivity index (χ1v) is 5.49. The van der Waals surface area contributed by atoms with E-state index in [-0.39, 0.29) is 23.9 Å². The Morgan fingerprint density at radius 1 is 1.61 bits per heavy atom. The van der Waals surface area contributed by atoms with Crippen molar-refractivity contribution in [1.82, 2.24) is 0 Å². The Bertz CT molecular complexity index is 482. The third-order valence-corrected chi connectivity index (χ3v) is 2.89. The maximum atomic E-state index is 10.7. The van der Waals surface area contributed by atoms with Gasteiger partial charge in [-0.05, 0) is 19.1 Å². The Balaban J connectivity index is 3.06. The van der Waals surface area contributed by atoms with E-state index in [2.05, 4.69) is 6.07 Å². The van der Waals surface area contributed by atoms with Crippen LogP contribution in [0.25, 0.3) is 0 Å². The van der Waals surface area contributed by atoms with Crippen molar-refractivity contribution >= 4 is 11.4 Å². The molecule has 0 fully saturated rings. The van der Waals surface area contributed by atoms with Crippen LogP contribution in [0, 0.1) is 21.4 Å². The van der Waals surface area contributed by atoms with Crippen LogP contribution >= 0.6 is 0 Å². The van der Waals surface area contributed by atoms with E-state index < -0.39 is 4.92 Å². The monoisotopic (exact) mass is 249 g/mol. The van der Waals surface area contributed by atoms with Crippen LogP contribution in [-0.2, 0) is 6.61 Å². The molecule has 6 heteroatoms. The highest BCUT2D eigenvalue weighted by Crippen LogP contribution is 2.25. The lowest BCUT2D eigenvalue weighted by Gasteiger charge is -2.25. The molecule has 1 aromatic rings. The molecule has 0 heterocycles. The Hall–Kier alpha value is -2.13. The first-order valence-electron chi connectivity index (χ1n) is 5.49. The third kappa shape index (κ3) is 2.96. The van der Waals surface area contributed by atoms with E-state index in [4.69, 9.17) is 10.4 Å². The summed E-state index contributed by atoms with van der Waals surface area (Å²) in [5, 5.41) is 28.5. The van der Waals surface area contributed by atoms with E-state index in [9.17, 15) is 10.1 Å². The Kier molecular flexibility index (Phi) is 4.63. The van der Waals surface area contributed by atoms with E-state index in [0.29, 0.717) is 6.42 Å². The molecule has 0 aliphatic rings. The summed E-state index contributed by atoms with van der Waals surface area (Å²) in [6.45, 7) is 1.51. The van der Waals surface area contributed by atoms with E-state index >= 15 is 0 Å². The van der Waals surface area contributed by atoms with Gasteiger partial charge in [-0.2, -0.15) is 5.26 Å². The van der Waals surface area contributed by atoms with Crippen molar-refractivity contribution in [1.29, 1.82) is 5.26 Å². The summed E-state index contributed by atoms with van der Waals surface area (Å²) in [6.07, 6.45) is 0.363. The number of nitriles is 1. The third-order valence-electron chi connectivity index (χ3n) is 2.89. The molecule has 1 unspecified atom stereocenters. The smallest absolute Gasteiger partial charge is 0.275 e. The molecule has 1 atom stereocenters. The summed E-state index contributed by atoms with van der Waals surface area (Å²) in [5.41, 5.74) is 0.920. The van der Waals surface area contributed by atoms with Gasteiger partial charge in [0.05, 0.1) is 29.6 Å². The normalized spacial score (nSPS) is 11.7. The van der Waals surface area contributed by atoms with Crippen molar-refractivity contribution in [3.63, 3.8) is 0 Å². The Morgan fingerprint density at radius 2 is 2.28 bits per heavy atom. The standard InChI is InChI=1S/C12H15N3O3/c1-9(5-6-13)14(2)11-3-4-12(15(17)18)10(7-11)8-16/h3-4,7,9,16H,5,8H2,1-2H3. The van der Waals surface area contributed by atoms with Crippen LogP contribution in [0.3, 0.4) is 0 Å². The van der Waals surface area contributed by atoms with Gasteiger partial charge in [0.25, 0.3) is 5.69 Å². The first-order chi connectivity index (χ1) is 8.51. The maximum Gasteiger partial charge on any atom is 0.275 e. The Morgan fingerprint density at radius 3 is 2.78 bits per heavy atom. The van der Waals surface area contributed by atoms with Crippen LogP contribution in [-0.4, -0.2) is 23.1 Å². The number of aliphatic hydroxyl groups excluding tert-OH is 1. The number of rotatable bonds is 5. The fraction of sp³-hybridized carbons (Fsp3) is 0.417. The molecule has 0 aromatic heterocycles. The van der Waals surface area contributed by atoms with Crippen LogP contribution in [0.15, 0.2) is 18.2 Å². The average Bonchev–Trinajstić information content (AvgIpc) is 2.37. The number of anilines is 1. The van der Waals surface area contributed by atoms with Gasteiger partial charge < -0.3 is 10.0 Å². The van der Waals surface area contributed by atoms with Gasteiger partial charge in [0.15, 0.2) is 0 Å². The number of aliphatic hydroxyl groups is 1. The van der Waals surface area contributed by atoms with Gasteiger partial charge in [-0.15, -0.1) is 0 Å². The molecule has 1 rings (SSSR count). The SMILES string of the molecule is CC(CC#N)N(C)c1ccc([N+](=O)[O-])c(CO)c1. The minimum atomic E-state index is -0.520. The topological polar surface area (TPSA) is 90.4 Å². The van der Waals surface area contributed by atoms with Crippen molar-refractivity contribution in [2.45, 2.75) is 26.0 Å². The summed E-state index contributed by atoms with van der Waals surface area (Å²) in [7, 11) is 1.81. The maximum absolute atomic E-state index is 10.7. The number of benzene rings is 1. The molecular formula is C12H15N3O3. The molecule has 0 amide bonds. The second-order valence-electron chi connectivity index (χ2n) is 4.05. The highest BCUT2D eigenvalue weighted by Gasteiger charge is 2.16. The summed E-state index contributed by atoms with van der Waals surface area (Å²) in [5.74, 6) is 0. The molecule has 0 spiro atoms. The molecule has 0 radical (unpaired) electrons. The number of nitro benzene ring substituents is 1.